The van der Waals surface area contributed by atoms with Crippen molar-refractivity contribution in [1.29, 1.82) is 0 Å². The molecule has 0 heterocycles. The maximum absolute atomic E-state index is 7.46. The SMILES string of the molecule is [Ag+].[Ag+].[C-]#Cc1c2ccccc2cc2ccccc12.[C-]#Cc1c2ccccc2cc2ccccc12.c1ccc([PH+](CC[PH+](c2ccccc2)c2ccccc2)c2ccccc2)cc1. The van der Waals surface area contributed by atoms with E-state index in [0.717, 1.165) is 54.2 Å². The maximum atomic E-state index is 7.46. The van der Waals surface area contributed by atoms with E-state index in [0.29, 0.717) is 0 Å². The van der Waals surface area contributed by atoms with Crippen molar-refractivity contribution in [2.75, 3.05) is 12.3 Å². The zero-order valence-corrected chi connectivity index (χ0v) is 38.9. The van der Waals surface area contributed by atoms with Gasteiger partial charge >= 0.3 is 44.8 Å². The predicted octanol–water partition coefficient (Wildman–Crippen LogP) is 12.6. The van der Waals surface area contributed by atoms with Crippen LogP contribution in [0.1, 0.15) is 11.1 Å². The Morgan fingerprint density at radius 3 is 0.726 bits per heavy atom. The zero-order valence-electron chi connectivity index (χ0n) is 34.0. The topological polar surface area (TPSA) is 0 Å². The van der Waals surface area contributed by atoms with Gasteiger partial charge in [-0.05, 0) is 82.2 Å². The number of fused-ring (bicyclic) bond motifs is 4. The Morgan fingerprint density at radius 1 is 0.290 bits per heavy atom. The van der Waals surface area contributed by atoms with Crippen molar-refractivity contribution >= 4 is 80.2 Å². The van der Waals surface area contributed by atoms with Gasteiger partial charge in [0.05, 0.1) is 37.1 Å². The summed E-state index contributed by atoms with van der Waals surface area (Å²) in [5.74, 6) is 5.13. The first kappa shape index (κ1) is 46.2. The van der Waals surface area contributed by atoms with E-state index < -0.39 is 15.8 Å². The van der Waals surface area contributed by atoms with Gasteiger partial charge in [0.1, 0.15) is 12.3 Å². The number of benzene rings is 10. The minimum atomic E-state index is -0.783. The van der Waals surface area contributed by atoms with Crippen LogP contribution in [0.5, 0.6) is 0 Å². The summed E-state index contributed by atoms with van der Waals surface area (Å²) in [7, 11) is -1.57. The average Bonchev–Trinajstić information content (AvgIpc) is 3.33. The molecule has 0 spiro atoms. The van der Waals surface area contributed by atoms with Crippen LogP contribution in [0.25, 0.3) is 43.1 Å². The molecular formula is C58H44Ag2P2+2. The van der Waals surface area contributed by atoms with E-state index in [1.807, 2.05) is 72.8 Å². The third-order valence-corrected chi connectivity index (χ3v) is 17.0. The van der Waals surface area contributed by atoms with Gasteiger partial charge in [0, 0.05) is 0 Å². The Balaban J connectivity index is 0.000000162. The van der Waals surface area contributed by atoms with E-state index in [-0.39, 0.29) is 44.8 Å². The summed E-state index contributed by atoms with van der Waals surface area (Å²) < 4.78 is 0. The van der Waals surface area contributed by atoms with Crippen LogP contribution >= 0.6 is 15.8 Å². The molecule has 0 aliphatic rings. The molecule has 0 unspecified atom stereocenters. The van der Waals surface area contributed by atoms with E-state index >= 15 is 0 Å². The Morgan fingerprint density at radius 2 is 0.500 bits per heavy atom. The summed E-state index contributed by atoms with van der Waals surface area (Å²) in [6, 6.07) is 81.3. The quantitative estimate of drug-likeness (QED) is 0.0491. The normalized spacial score (nSPS) is 10.4. The van der Waals surface area contributed by atoms with Gasteiger partial charge in [-0.2, -0.15) is 0 Å². The van der Waals surface area contributed by atoms with Crippen LogP contribution in [0, 0.1) is 24.7 Å². The van der Waals surface area contributed by atoms with Gasteiger partial charge in [0.25, 0.3) is 0 Å². The minimum Gasteiger partial charge on any atom is -0.366 e. The number of rotatable bonds is 7. The van der Waals surface area contributed by atoms with Crippen LogP contribution in [0.2, 0.25) is 0 Å². The molecule has 0 aromatic heterocycles. The first-order valence-corrected chi connectivity index (χ1v) is 23.7. The van der Waals surface area contributed by atoms with Crippen LogP contribution in [0.3, 0.4) is 0 Å². The first-order chi connectivity index (χ1) is 29.7. The summed E-state index contributed by atoms with van der Waals surface area (Å²) in [6.45, 7) is 0. The maximum Gasteiger partial charge on any atom is 1.00 e. The largest absolute Gasteiger partial charge is 1.00 e. The molecule has 0 atom stereocenters. The summed E-state index contributed by atoms with van der Waals surface area (Å²) in [4.78, 5) is 0. The monoisotopic (exact) mass is 1020 g/mol. The van der Waals surface area contributed by atoms with E-state index in [2.05, 4.69) is 170 Å². The molecule has 0 radical (unpaired) electrons. The van der Waals surface area contributed by atoms with Crippen molar-refractivity contribution in [1.82, 2.24) is 0 Å². The molecule has 0 amide bonds. The van der Waals surface area contributed by atoms with E-state index in [9.17, 15) is 0 Å². The van der Waals surface area contributed by atoms with Crippen molar-refractivity contribution < 1.29 is 44.8 Å². The van der Waals surface area contributed by atoms with Gasteiger partial charge in [0.2, 0.25) is 0 Å². The molecular weight excluding hydrogens is 974 g/mol. The van der Waals surface area contributed by atoms with Crippen LogP contribution in [-0.4, -0.2) is 12.3 Å². The molecule has 4 heteroatoms. The van der Waals surface area contributed by atoms with Crippen molar-refractivity contribution in [2.24, 2.45) is 0 Å². The summed E-state index contributed by atoms with van der Waals surface area (Å²) >= 11 is 0. The van der Waals surface area contributed by atoms with Crippen LogP contribution in [0.4, 0.5) is 0 Å². The Bertz CT molecular complexity index is 2670. The van der Waals surface area contributed by atoms with E-state index in [4.69, 9.17) is 12.8 Å². The predicted molar refractivity (Wildman–Crippen MR) is 266 cm³/mol. The Labute approximate surface area is 400 Å². The molecule has 10 aromatic carbocycles. The van der Waals surface area contributed by atoms with Gasteiger partial charge in [-0.25, -0.2) is 0 Å². The fourth-order valence-electron chi connectivity index (χ4n) is 8.01. The van der Waals surface area contributed by atoms with Crippen molar-refractivity contribution in [3.63, 3.8) is 0 Å². The zero-order chi connectivity index (χ0) is 40.9. The Hall–Kier alpha value is -5.30. The molecule has 0 nitrogen and oxygen atoms in total. The molecule has 0 aliphatic carbocycles. The fourth-order valence-corrected chi connectivity index (χ4v) is 14.2. The second-order valence-corrected chi connectivity index (χ2v) is 19.8. The fraction of sp³-hybridized carbons (Fsp3) is 0.0345. The van der Waals surface area contributed by atoms with Crippen LogP contribution in [0.15, 0.2) is 231 Å². The van der Waals surface area contributed by atoms with Gasteiger partial charge in [-0.15, -0.1) is 11.1 Å². The smallest absolute Gasteiger partial charge is 0.366 e. The van der Waals surface area contributed by atoms with E-state index in [1.165, 1.54) is 33.5 Å². The van der Waals surface area contributed by atoms with Gasteiger partial charge in [-0.1, -0.05) is 191 Å². The van der Waals surface area contributed by atoms with Crippen molar-refractivity contribution in [3.05, 3.63) is 254 Å². The molecule has 10 rings (SSSR count). The molecule has 0 N–H and O–H groups in total. The molecule has 0 aliphatic heterocycles. The first-order valence-electron chi connectivity index (χ1n) is 20.3. The van der Waals surface area contributed by atoms with Gasteiger partial charge in [-0.3, -0.25) is 11.8 Å². The number of hydrogen-bond acceptors (Lipinski definition) is 0. The summed E-state index contributed by atoms with van der Waals surface area (Å²) in [5.41, 5.74) is 1.77. The number of hydrogen-bond donors (Lipinski definition) is 0. The second kappa shape index (κ2) is 23.2. The molecule has 0 fully saturated rings. The van der Waals surface area contributed by atoms with Crippen LogP contribution < -0.4 is 21.2 Å². The molecule has 10 aromatic rings. The second-order valence-electron chi connectivity index (χ2n) is 14.6. The van der Waals surface area contributed by atoms with Crippen LogP contribution in [-0.2, 0) is 44.8 Å². The van der Waals surface area contributed by atoms with E-state index in [1.54, 1.807) is 0 Å². The molecule has 62 heavy (non-hydrogen) atoms. The third kappa shape index (κ3) is 11.0. The van der Waals surface area contributed by atoms with Crippen molar-refractivity contribution in [3.8, 4) is 11.8 Å². The van der Waals surface area contributed by atoms with Crippen molar-refractivity contribution in [2.45, 2.75) is 0 Å². The molecule has 0 saturated heterocycles. The average molecular weight is 1020 g/mol. The van der Waals surface area contributed by atoms with Gasteiger partial charge in [0.15, 0.2) is 0 Å². The standard InChI is InChI=1S/C26H24P2.2C16H9.2Ag/c1-5-13-23(14-6-1)27(24-15-7-2-8-16-24)21-22-28(25-17-9-3-10-18-25)26-19-11-4-12-20-26;2*1-2-14-15-9-5-3-7-12(15)11-13-8-4-6-10-16(13)14;;/h1-20H,21-22H2;2*3-11H;;/q;2*-1;2*+1/p+2. The summed E-state index contributed by atoms with van der Waals surface area (Å²) in [6.07, 6.45) is 17.4. The summed E-state index contributed by atoms with van der Waals surface area (Å²) in [5, 5.41) is 15.1. The van der Waals surface area contributed by atoms with Gasteiger partial charge < -0.3 is 12.8 Å². The minimum absolute atomic E-state index is 0. The Kier molecular flexibility index (Phi) is 17.3. The third-order valence-electron chi connectivity index (χ3n) is 10.9. The molecule has 0 bridgehead atoms. The molecule has 0 saturated carbocycles. The molecule has 306 valence electrons.